The van der Waals surface area contributed by atoms with E-state index in [0.717, 1.165) is 16.7 Å². The van der Waals surface area contributed by atoms with Gasteiger partial charge in [0.15, 0.2) is 17.4 Å². The highest BCUT2D eigenvalue weighted by Crippen LogP contribution is 2.32. The van der Waals surface area contributed by atoms with Gasteiger partial charge in [-0.25, -0.2) is 9.79 Å². The molecule has 1 aromatic rings. The van der Waals surface area contributed by atoms with Crippen molar-refractivity contribution in [3.8, 4) is 11.5 Å². The third-order valence-corrected chi connectivity index (χ3v) is 5.75. The predicted molar refractivity (Wildman–Crippen MR) is 112 cm³/mol. The highest BCUT2D eigenvalue weighted by Gasteiger charge is 2.48. The number of fused-ring (bicyclic) bond motifs is 2. The number of thioether (sulfide) groups is 1. The summed E-state index contributed by atoms with van der Waals surface area (Å²) in [6.07, 6.45) is 0. The first-order chi connectivity index (χ1) is 14.3. The van der Waals surface area contributed by atoms with Crippen LogP contribution in [0.1, 0.15) is 6.92 Å². The van der Waals surface area contributed by atoms with Gasteiger partial charge in [0.2, 0.25) is 11.7 Å². The lowest BCUT2D eigenvalue weighted by Crippen LogP contribution is -2.54. The lowest BCUT2D eigenvalue weighted by Gasteiger charge is -2.26. The Kier molecular flexibility index (Phi) is 5.29. The molecule has 30 heavy (non-hydrogen) atoms. The number of imide groups is 1. The largest absolute Gasteiger partial charge is 0.486 e. The van der Waals surface area contributed by atoms with Crippen LogP contribution in [0, 0.1) is 5.92 Å². The van der Waals surface area contributed by atoms with Gasteiger partial charge in [-0.3, -0.25) is 9.59 Å². The Morgan fingerprint density at radius 1 is 1.27 bits per heavy atom. The van der Waals surface area contributed by atoms with Crippen molar-refractivity contribution in [1.29, 1.82) is 0 Å². The Balaban J connectivity index is 1.46. The Morgan fingerprint density at radius 2 is 2.00 bits per heavy atom. The van der Waals surface area contributed by atoms with Crippen molar-refractivity contribution in [3.05, 3.63) is 18.2 Å². The Hall–Kier alpha value is -3.21. The van der Waals surface area contributed by atoms with Crippen LogP contribution in [-0.2, 0) is 9.59 Å². The van der Waals surface area contributed by atoms with Crippen LogP contribution in [0.4, 0.5) is 10.5 Å². The number of ether oxygens (including phenoxy) is 2. The van der Waals surface area contributed by atoms with Gasteiger partial charge in [0, 0.05) is 18.7 Å². The molecule has 0 saturated carbocycles. The van der Waals surface area contributed by atoms with E-state index >= 15 is 0 Å². The van der Waals surface area contributed by atoms with Gasteiger partial charge >= 0.3 is 11.9 Å². The normalized spacial score (nSPS) is 20.5. The molecule has 1 aromatic carbocycles. The molecule has 10 nitrogen and oxygen atoms in total. The number of hydrogen-bond acceptors (Lipinski definition) is 8. The van der Waals surface area contributed by atoms with Crippen molar-refractivity contribution in [3.63, 3.8) is 0 Å². The van der Waals surface area contributed by atoms with Crippen molar-refractivity contribution < 1.29 is 28.4 Å². The summed E-state index contributed by atoms with van der Waals surface area (Å²) in [6.45, 7) is 2.63. The molecule has 0 saturated heterocycles. The van der Waals surface area contributed by atoms with Gasteiger partial charge in [-0.15, -0.1) is 0 Å². The number of hydrogen-bond donors (Lipinski definition) is 1. The summed E-state index contributed by atoms with van der Waals surface area (Å²) in [5, 5.41) is 3.24. The zero-order valence-electron chi connectivity index (χ0n) is 16.7. The first kappa shape index (κ1) is 20.1. The van der Waals surface area contributed by atoms with Crippen LogP contribution in [0.5, 0.6) is 11.5 Å². The van der Waals surface area contributed by atoms with Crippen LogP contribution >= 0.6 is 11.8 Å². The predicted octanol–water partition coefficient (Wildman–Crippen LogP) is 1.21. The number of carbonyl (C=O) groups is 3. The molecule has 3 aliphatic heterocycles. The zero-order valence-corrected chi connectivity index (χ0v) is 17.5. The van der Waals surface area contributed by atoms with Gasteiger partial charge in [-0.05, 0) is 12.1 Å². The fraction of sp³-hybridized carbons (Fsp3) is 0.368. The second kappa shape index (κ2) is 7.90. The van der Waals surface area contributed by atoms with E-state index in [-0.39, 0.29) is 11.7 Å². The monoisotopic (exact) mass is 430 g/mol. The number of amidine groups is 2. The topological polar surface area (TPSA) is 113 Å². The molecule has 4 amide bonds. The molecule has 0 radical (unpaired) electrons. The van der Waals surface area contributed by atoms with E-state index in [1.807, 2.05) is 0 Å². The zero-order chi connectivity index (χ0) is 21.4. The summed E-state index contributed by atoms with van der Waals surface area (Å²) in [6, 6.07) is 4.73. The molecular formula is C19H20N5O5S+. The molecule has 3 aliphatic rings. The summed E-state index contributed by atoms with van der Waals surface area (Å²) in [5.74, 6) is 0.537. The molecular weight excluding hydrogens is 410 g/mol. The fourth-order valence-electron chi connectivity index (χ4n) is 3.26. The Labute approximate surface area is 176 Å². The van der Waals surface area contributed by atoms with Crippen LogP contribution in [0.3, 0.4) is 0 Å². The molecule has 11 heteroatoms. The summed E-state index contributed by atoms with van der Waals surface area (Å²) >= 11 is 1.15. The number of rotatable bonds is 3. The van der Waals surface area contributed by atoms with E-state index in [4.69, 9.17) is 9.47 Å². The van der Waals surface area contributed by atoms with Gasteiger partial charge in [-0.2, -0.15) is 9.48 Å². The fourth-order valence-corrected chi connectivity index (χ4v) is 4.18. The number of nitrogens with zero attached hydrogens (tertiary/aromatic N) is 4. The average molecular weight is 430 g/mol. The standard InChI is InChI=1S/C19H19N5O5S/c1-10-20-16-15(18(26)24(3)19(27)23(16)2)17(21-10)30-9-14(25)22-11-4-5-12-13(8-11)29-7-6-28-12/h4-5,8,15H,6-7,9H2,1-3H3/p+1. The molecule has 0 bridgehead atoms. The highest BCUT2D eigenvalue weighted by molar-refractivity contribution is 8.14. The first-order valence-electron chi connectivity index (χ1n) is 9.23. The van der Waals surface area contributed by atoms with E-state index in [9.17, 15) is 14.4 Å². The smallest absolute Gasteiger partial charge is 0.445 e. The van der Waals surface area contributed by atoms with E-state index in [1.165, 1.54) is 11.6 Å². The summed E-state index contributed by atoms with van der Waals surface area (Å²) < 4.78 is 12.3. The maximum Gasteiger partial charge on any atom is 0.445 e. The van der Waals surface area contributed by atoms with Gasteiger partial charge < -0.3 is 14.8 Å². The SMILES string of the molecule is CC1=NC2=[N+](C)C(=O)N(C)C(=O)C2C(SCC(=O)Nc2ccc3c(c2)OCCO3)=N1. The van der Waals surface area contributed by atoms with Crippen LogP contribution in [0.2, 0.25) is 0 Å². The molecule has 0 aromatic heterocycles. The molecule has 1 atom stereocenters. The third-order valence-electron chi connectivity index (χ3n) is 4.73. The Morgan fingerprint density at radius 3 is 2.77 bits per heavy atom. The molecule has 0 spiro atoms. The van der Waals surface area contributed by atoms with Crippen molar-refractivity contribution in [2.75, 3.05) is 38.4 Å². The number of carbonyl (C=O) groups excluding carboxylic acids is 3. The highest BCUT2D eigenvalue weighted by atomic mass is 32.2. The van der Waals surface area contributed by atoms with E-state index in [0.29, 0.717) is 47.1 Å². The molecule has 0 fully saturated rings. The van der Waals surface area contributed by atoms with Crippen LogP contribution in [0.25, 0.3) is 0 Å². The number of urea groups is 1. The third kappa shape index (κ3) is 3.67. The number of aliphatic imine (C=N–C) groups is 2. The molecule has 3 heterocycles. The van der Waals surface area contributed by atoms with Gasteiger partial charge in [0.1, 0.15) is 18.3 Å². The number of benzene rings is 1. The summed E-state index contributed by atoms with van der Waals surface area (Å²) in [7, 11) is 2.98. The minimum atomic E-state index is -0.798. The maximum absolute atomic E-state index is 12.7. The van der Waals surface area contributed by atoms with Gasteiger partial charge in [0.25, 0.3) is 5.84 Å². The van der Waals surface area contributed by atoms with Crippen molar-refractivity contribution in [2.45, 2.75) is 6.92 Å². The lowest BCUT2D eigenvalue weighted by atomic mass is 10.1. The van der Waals surface area contributed by atoms with Crippen molar-refractivity contribution in [1.82, 2.24) is 4.90 Å². The summed E-state index contributed by atoms with van der Waals surface area (Å²) in [5.41, 5.74) is 0.583. The van der Waals surface area contributed by atoms with Crippen LogP contribution < -0.4 is 14.8 Å². The van der Waals surface area contributed by atoms with Crippen molar-refractivity contribution >= 4 is 52.0 Å². The quantitative estimate of drug-likeness (QED) is 0.722. The summed E-state index contributed by atoms with van der Waals surface area (Å²) in [4.78, 5) is 47.0. The second-order valence-electron chi connectivity index (χ2n) is 6.83. The van der Waals surface area contributed by atoms with Crippen LogP contribution in [-0.4, -0.2) is 77.1 Å². The van der Waals surface area contributed by atoms with E-state index < -0.39 is 17.9 Å². The maximum atomic E-state index is 12.7. The first-order valence-corrected chi connectivity index (χ1v) is 10.2. The minimum Gasteiger partial charge on any atom is -0.486 e. The number of nitrogens with one attached hydrogen (secondary N) is 1. The molecule has 1 unspecified atom stereocenters. The van der Waals surface area contributed by atoms with Gasteiger partial charge in [-0.1, -0.05) is 16.8 Å². The van der Waals surface area contributed by atoms with Crippen LogP contribution in [0.15, 0.2) is 28.2 Å². The number of amides is 4. The Bertz CT molecular complexity index is 1050. The molecule has 0 aliphatic carbocycles. The molecule has 156 valence electrons. The average Bonchev–Trinajstić information content (AvgIpc) is 2.74. The van der Waals surface area contributed by atoms with E-state index in [1.54, 1.807) is 32.2 Å². The van der Waals surface area contributed by atoms with Gasteiger partial charge in [0.05, 0.1) is 19.8 Å². The minimum absolute atomic E-state index is 0.0407. The van der Waals surface area contributed by atoms with E-state index in [2.05, 4.69) is 15.3 Å². The molecule has 1 N–H and O–H groups in total. The van der Waals surface area contributed by atoms with Crippen molar-refractivity contribution in [2.24, 2.45) is 15.9 Å². The molecule has 4 rings (SSSR count). The lowest BCUT2D eigenvalue weighted by molar-refractivity contribution is -0.407. The number of anilines is 1. The second-order valence-corrected chi connectivity index (χ2v) is 7.83.